The van der Waals surface area contributed by atoms with Crippen LogP contribution >= 0.6 is 0 Å². The molecule has 1 amide bonds. The van der Waals surface area contributed by atoms with Crippen LogP contribution in [-0.2, 0) is 11.3 Å². The molecule has 2 atom stereocenters. The lowest BCUT2D eigenvalue weighted by Gasteiger charge is -2.37. The summed E-state index contributed by atoms with van der Waals surface area (Å²) in [7, 11) is 0. The van der Waals surface area contributed by atoms with Crippen LogP contribution in [0.15, 0.2) is 47.5 Å². The molecule has 2 unspecified atom stereocenters. The van der Waals surface area contributed by atoms with Crippen LogP contribution in [-0.4, -0.2) is 21.0 Å². The number of anilines is 1. The molecule has 1 aliphatic rings. The SMILES string of the molecule is CC1(N)CCCCC1C(=O)Nc1cccc(Cn2cccnc2=O)c1. The molecule has 1 aromatic heterocycles. The van der Waals surface area contributed by atoms with Gasteiger partial charge in [-0.2, -0.15) is 0 Å². The fourth-order valence-corrected chi connectivity index (χ4v) is 3.47. The minimum Gasteiger partial charge on any atom is -0.326 e. The smallest absolute Gasteiger partial charge is 0.326 e. The molecule has 3 N–H and O–H groups in total. The Balaban J connectivity index is 1.72. The molecule has 0 bridgehead atoms. The molecule has 132 valence electrons. The average molecular weight is 340 g/mol. The molecule has 1 saturated carbocycles. The highest BCUT2D eigenvalue weighted by Crippen LogP contribution is 2.32. The number of hydrogen-bond donors (Lipinski definition) is 2. The van der Waals surface area contributed by atoms with E-state index < -0.39 is 5.54 Å². The maximum absolute atomic E-state index is 12.7. The summed E-state index contributed by atoms with van der Waals surface area (Å²) in [6.45, 7) is 2.37. The minimum absolute atomic E-state index is 0.0274. The van der Waals surface area contributed by atoms with Crippen LogP contribution in [0.1, 0.15) is 38.2 Å². The van der Waals surface area contributed by atoms with Crippen LogP contribution < -0.4 is 16.7 Å². The summed E-state index contributed by atoms with van der Waals surface area (Å²) in [5.74, 6) is -0.203. The van der Waals surface area contributed by atoms with Crippen molar-refractivity contribution in [2.24, 2.45) is 11.7 Å². The van der Waals surface area contributed by atoms with Gasteiger partial charge in [-0.25, -0.2) is 9.78 Å². The largest absolute Gasteiger partial charge is 0.347 e. The van der Waals surface area contributed by atoms with Crippen molar-refractivity contribution in [1.29, 1.82) is 0 Å². The van der Waals surface area contributed by atoms with Gasteiger partial charge in [-0.3, -0.25) is 9.36 Å². The lowest BCUT2D eigenvalue weighted by Crippen LogP contribution is -2.51. The maximum Gasteiger partial charge on any atom is 0.347 e. The predicted octanol–water partition coefficient (Wildman–Crippen LogP) is 2.14. The van der Waals surface area contributed by atoms with Crippen molar-refractivity contribution in [3.8, 4) is 0 Å². The van der Waals surface area contributed by atoms with Crippen molar-refractivity contribution in [1.82, 2.24) is 9.55 Å². The summed E-state index contributed by atoms with van der Waals surface area (Å²) in [5.41, 5.74) is 7.22. The Morgan fingerprint density at radius 1 is 1.40 bits per heavy atom. The second-order valence-corrected chi connectivity index (χ2v) is 7.02. The van der Waals surface area contributed by atoms with Gasteiger partial charge in [0.25, 0.3) is 0 Å². The first-order chi connectivity index (χ1) is 12.0. The van der Waals surface area contributed by atoms with E-state index >= 15 is 0 Å². The quantitative estimate of drug-likeness (QED) is 0.892. The molecule has 1 aromatic carbocycles. The highest BCUT2D eigenvalue weighted by molar-refractivity contribution is 5.93. The van der Waals surface area contributed by atoms with E-state index in [0.29, 0.717) is 6.54 Å². The molecular weight excluding hydrogens is 316 g/mol. The van der Waals surface area contributed by atoms with Gasteiger partial charge in [-0.15, -0.1) is 0 Å². The van der Waals surface area contributed by atoms with Gasteiger partial charge < -0.3 is 11.1 Å². The number of benzene rings is 1. The Kier molecular flexibility index (Phi) is 4.99. The monoisotopic (exact) mass is 340 g/mol. The number of nitrogens with two attached hydrogens (primary N) is 1. The second kappa shape index (κ2) is 7.19. The third-order valence-electron chi connectivity index (χ3n) is 4.90. The number of nitrogens with zero attached hydrogens (tertiary/aromatic N) is 2. The van der Waals surface area contributed by atoms with Crippen molar-refractivity contribution in [3.05, 3.63) is 58.8 Å². The van der Waals surface area contributed by atoms with E-state index in [2.05, 4.69) is 10.3 Å². The molecular formula is C19H24N4O2. The van der Waals surface area contributed by atoms with Gasteiger partial charge in [-0.05, 0) is 43.5 Å². The topological polar surface area (TPSA) is 90.0 Å². The molecule has 6 nitrogen and oxygen atoms in total. The summed E-state index contributed by atoms with van der Waals surface area (Å²) < 4.78 is 1.53. The van der Waals surface area contributed by atoms with E-state index in [4.69, 9.17) is 5.73 Å². The molecule has 1 heterocycles. The lowest BCUT2D eigenvalue weighted by molar-refractivity contribution is -0.122. The minimum atomic E-state index is -0.455. The van der Waals surface area contributed by atoms with Crippen LogP contribution in [0.2, 0.25) is 0 Å². The van der Waals surface area contributed by atoms with Gasteiger partial charge in [0.15, 0.2) is 0 Å². The predicted molar refractivity (Wildman–Crippen MR) is 97.2 cm³/mol. The van der Waals surface area contributed by atoms with E-state index in [1.165, 1.54) is 10.8 Å². The van der Waals surface area contributed by atoms with E-state index in [1.54, 1.807) is 12.3 Å². The standard InChI is InChI=1S/C19H24N4O2/c1-19(20)9-3-2-8-16(19)17(24)22-15-7-4-6-14(12-15)13-23-11-5-10-21-18(23)25/h4-7,10-12,16H,2-3,8-9,13,20H2,1H3,(H,22,24). The third-order valence-corrected chi connectivity index (χ3v) is 4.90. The number of aromatic nitrogens is 2. The van der Waals surface area contributed by atoms with Crippen LogP contribution in [0.5, 0.6) is 0 Å². The summed E-state index contributed by atoms with van der Waals surface area (Å²) in [4.78, 5) is 28.1. The Labute approximate surface area is 147 Å². The first-order valence-corrected chi connectivity index (χ1v) is 8.66. The van der Waals surface area contributed by atoms with E-state index in [1.807, 2.05) is 31.2 Å². The fraction of sp³-hybridized carbons (Fsp3) is 0.421. The van der Waals surface area contributed by atoms with Gasteiger partial charge in [0.05, 0.1) is 12.5 Å². The van der Waals surface area contributed by atoms with Gasteiger partial charge in [0.2, 0.25) is 5.91 Å². The average Bonchev–Trinajstić information content (AvgIpc) is 2.57. The van der Waals surface area contributed by atoms with Gasteiger partial charge in [0, 0.05) is 23.6 Å². The Morgan fingerprint density at radius 3 is 3.00 bits per heavy atom. The zero-order chi connectivity index (χ0) is 17.9. The normalized spacial score (nSPS) is 23.2. The number of nitrogens with one attached hydrogen (secondary N) is 1. The van der Waals surface area contributed by atoms with Crippen molar-refractivity contribution >= 4 is 11.6 Å². The van der Waals surface area contributed by atoms with Crippen LogP contribution in [0.4, 0.5) is 5.69 Å². The molecule has 2 aromatic rings. The van der Waals surface area contributed by atoms with Crippen molar-refractivity contribution in [2.75, 3.05) is 5.32 Å². The third kappa shape index (κ3) is 4.14. The number of hydrogen-bond acceptors (Lipinski definition) is 4. The van der Waals surface area contributed by atoms with Crippen molar-refractivity contribution in [2.45, 2.75) is 44.7 Å². The lowest BCUT2D eigenvalue weighted by atomic mass is 9.74. The molecule has 25 heavy (non-hydrogen) atoms. The highest BCUT2D eigenvalue weighted by atomic mass is 16.2. The number of carbonyl (C=O) groups is 1. The second-order valence-electron chi connectivity index (χ2n) is 7.02. The maximum atomic E-state index is 12.7. The van der Waals surface area contributed by atoms with E-state index in [9.17, 15) is 9.59 Å². The van der Waals surface area contributed by atoms with Gasteiger partial charge in [-0.1, -0.05) is 25.0 Å². The first kappa shape index (κ1) is 17.4. The summed E-state index contributed by atoms with van der Waals surface area (Å²) in [6.07, 6.45) is 6.98. The number of amides is 1. The van der Waals surface area contributed by atoms with Crippen molar-refractivity contribution < 1.29 is 4.79 Å². The number of rotatable bonds is 4. The van der Waals surface area contributed by atoms with Crippen LogP contribution in [0, 0.1) is 5.92 Å². The van der Waals surface area contributed by atoms with Crippen LogP contribution in [0.3, 0.4) is 0 Å². The zero-order valence-electron chi connectivity index (χ0n) is 14.4. The summed E-state index contributed by atoms with van der Waals surface area (Å²) in [6, 6.07) is 9.24. The van der Waals surface area contributed by atoms with Crippen molar-refractivity contribution in [3.63, 3.8) is 0 Å². The Morgan fingerprint density at radius 2 is 2.24 bits per heavy atom. The van der Waals surface area contributed by atoms with E-state index in [0.717, 1.165) is 36.9 Å². The molecule has 0 spiro atoms. The molecule has 1 aliphatic carbocycles. The molecule has 3 rings (SSSR count). The molecule has 0 saturated heterocycles. The molecule has 0 radical (unpaired) electrons. The Bertz CT molecular complexity index is 813. The summed E-state index contributed by atoms with van der Waals surface area (Å²) in [5, 5.41) is 2.99. The number of carbonyl (C=O) groups excluding carboxylic acids is 1. The van der Waals surface area contributed by atoms with Gasteiger partial charge in [0.1, 0.15) is 0 Å². The van der Waals surface area contributed by atoms with Gasteiger partial charge >= 0.3 is 5.69 Å². The molecule has 6 heteroatoms. The summed E-state index contributed by atoms with van der Waals surface area (Å²) >= 11 is 0. The fourth-order valence-electron chi connectivity index (χ4n) is 3.47. The Hall–Kier alpha value is -2.47. The first-order valence-electron chi connectivity index (χ1n) is 8.66. The molecule has 0 aliphatic heterocycles. The van der Waals surface area contributed by atoms with Crippen LogP contribution in [0.25, 0.3) is 0 Å². The zero-order valence-corrected chi connectivity index (χ0v) is 14.4. The molecule has 1 fully saturated rings. The highest BCUT2D eigenvalue weighted by Gasteiger charge is 2.37. The van der Waals surface area contributed by atoms with E-state index in [-0.39, 0.29) is 17.5 Å².